The van der Waals surface area contributed by atoms with E-state index < -0.39 is 17.5 Å². The van der Waals surface area contributed by atoms with Crippen molar-refractivity contribution >= 4 is 22.9 Å². The predicted molar refractivity (Wildman–Crippen MR) is 203 cm³/mol. The molecule has 2 aliphatic rings. The van der Waals surface area contributed by atoms with Crippen LogP contribution in [0.4, 0.5) is 10.6 Å². The van der Waals surface area contributed by atoms with Crippen molar-refractivity contribution in [1.29, 1.82) is 0 Å². The van der Waals surface area contributed by atoms with Crippen LogP contribution in [0, 0.1) is 5.92 Å². The van der Waals surface area contributed by atoms with E-state index >= 15 is 0 Å². The monoisotopic (exact) mass is 721 g/mol. The fourth-order valence-corrected chi connectivity index (χ4v) is 7.52. The molecule has 4 atom stereocenters. The number of aryl methyl sites for hydroxylation is 1. The Morgan fingerprint density at radius 1 is 0.962 bits per heavy atom. The van der Waals surface area contributed by atoms with Crippen LogP contribution in [0.25, 0.3) is 11.0 Å². The van der Waals surface area contributed by atoms with E-state index in [0.717, 1.165) is 73.7 Å². The minimum Gasteiger partial charge on any atom is -0.457 e. The molecule has 1 saturated heterocycles. The Balaban J connectivity index is 0.960. The summed E-state index contributed by atoms with van der Waals surface area (Å²) >= 11 is 0. The van der Waals surface area contributed by atoms with Crippen LogP contribution >= 0.6 is 0 Å². The maximum absolute atomic E-state index is 12.9. The minimum absolute atomic E-state index is 0.0133. The molecule has 12 heteroatoms. The van der Waals surface area contributed by atoms with Crippen molar-refractivity contribution in [2.75, 3.05) is 25.0 Å². The number of benzene rings is 2. The lowest BCUT2D eigenvalue weighted by Crippen LogP contribution is -2.34. The number of para-hydroxylation sites is 1. The zero-order valence-electron chi connectivity index (χ0n) is 31.6. The Hall–Kier alpha value is -4.78. The number of hydrogen-bond acceptors (Lipinski definition) is 9. The van der Waals surface area contributed by atoms with E-state index in [4.69, 9.17) is 23.9 Å². The van der Waals surface area contributed by atoms with Gasteiger partial charge in [0.15, 0.2) is 11.6 Å². The summed E-state index contributed by atoms with van der Waals surface area (Å²) in [5.74, 6) is 2.76. The SMILES string of the molecule is CN(C(=O)OC(C)(C)C)c1ncnc2c1ccn2[C@@H]1C[C@H](Cn2ccnc2CCCNCCc2cccc(Oc3ccccc3)c2)[C@H]2OC(C)(C)O[C@H]21. The van der Waals surface area contributed by atoms with Crippen molar-refractivity contribution in [1.82, 2.24) is 29.4 Å². The Morgan fingerprint density at radius 2 is 1.75 bits per heavy atom. The zero-order chi connectivity index (χ0) is 37.2. The molecule has 53 heavy (non-hydrogen) atoms. The summed E-state index contributed by atoms with van der Waals surface area (Å²) in [5, 5.41) is 4.38. The number of nitrogens with one attached hydrogen (secondary N) is 1. The maximum Gasteiger partial charge on any atom is 0.415 e. The molecule has 2 aromatic carbocycles. The molecule has 3 aromatic heterocycles. The van der Waals surface area contributed by atoms with Crippen molar-refractivity contribution in [2.24, 2.45) is 5.92 Å². The predicted octanol–water partition coefficient (Wildman–Crippen LogP) is 7.34. The lowest BCUT2D eigenvalue weighted by atomic mass is 10.1. The average Bonchev–Trinajstić information content (AvgIpc) is 3.89. The third-order valence-electron chi connectivity index (χ3n) is 9.84. The van der Waals surface area contributed by atoms with Gasteiger partial charge in [0.1, 0.15) is 41.0 Å². The smallest absolute Gasteiger partial charge is 0.415 e. The molecule has 1 aliphatic heterocycles. The molecule has 7 rings (SSSR count). The number of nitrogens with zero attached hydrogens (tertiary/aromatic N) is 6. The molecule has 5 aromatic rings. The first-order valence-corrected chi connectivity index (χ1v) is 18.6. The van der Waals surface area contributed by atoms with Crippen LogP contribution in [0.3, 0.4) is 0 Å². The number of carbonyl (C=O) groups excluding carboxylic acids is 1. The molecule has 2 fully saturated rings. The van der Waals surface area contributed by atoms with Gasteiger partial charge in [-0.3, -0.25) is 4.90 Å². The molecule has 280 valence electrons. The van der Waals surface area contributed by atoms with Crippen LogP contribution in [-0.2, 0) is 33.6 Å². The van der Waals surface area contributed by atoms with Gasteiger partial charge in [-0.25, -0.2) is 19.7 Å². The summed E-state index contributed by atoms with van der Waals surface area (Å²) in [6.07, 6.45) is 10.4. The molecular weight excluding hydrogens is 670 g/mol. The number of amides is 1. The van der Waals surface area contributed by atoms with E-state index in [1.54, 1.807) is 7.05 Å². The first-order valence-electron chi connectivity index (χ1n) is 18.6. The van der Waals surface area contributed by atoms with E-state index in [1.807, 2.05) is 95.5 Å². The second-order valence-corrected chi connectivity index (χ2v) is 15.5. The number of fused-ring (bicyclic) bond motifs is 2. The second-order valence-electron chi connectivity index (χ2n) is 15.5. The van der Waals surface area contributed by atoms with Gasteiger partial charge >= 0.3 is 6.09 Å². The third kappa shape index (κ3) is 8.56. The lowest BCUT2D eigenvalue weighted by molar-refractivity contribution is -0.160. The molecule has 1 amide bonds. The Bertz CT molecular complexity index is 2000. The van der Waals surface area contributed by atoms with Crippen molar-refractivity contribution in [3.05, 3.63) is 97.0 Å². The fourth-order valence-electron chi connectivity index (χ4n) is 7.52. The Kier molecular flexibility index (Phi) is 10.6. The van der Waals surface area contributed by atoms with Crippen molar-refractivity contribution in [3.8, 4) is 11.5 Å². The molecule has 0 bridgehead atoms. The highest BCUT2D eigenvalue weighted by Crippen LogP contribution is 2.48. The molecule has 1 aliphatic carbocycles. The van der Waals surface area contributed by atoms with Gasteiger partial charge < -0.3 is 33.4 Å². The van der Waals surface area contributed by atoms with Crippen LogP contribution < -0.4 is 15.0 Å². The third-order valence-corrected chi connectivity index (χ3v) is 9.84. The minimum atomic E-state index is -0.702. The zero-order valence-corrected chi connectivity index (χ0v) is 31.6. The molecule has 0 radical (unpaired) electrons. The van der Waals surface area contributed by atoms with E-state index in [2.05, 4.69) is 42.7 Å². The van der Waals surface area contributed by atoms with Gasteiger partial charge in [0.05, 0.1) is 17.5 Å². The van der Waals surface area contributed by atoms with Crippen molar-refractivity contribution < 1.29 is 23.7 Å². The van der Waals surface area contributed by atoms with Crippen LogP contribution in [-0.4, -0.2) is 73.9 Å². The van der Waals surface area contributed by atoms with E-state index in [0.29, 0.717) is 5.82 Å². The lowest BCUT2D eigenvalue weighted by Gasteiger charge is -2.25. The number of anilines is 1. The summed E-state index contributed by atoms with van der Waals surface area (Å²) < 4.78 is 29.2. The van der Waals surface area contributed by atoms with Gasteiger partial charge in [0, 0.05) is 44.5 Å². The number of ether oxygens (including phenoxy) is 4. The van der Waals surface area contributed by atoms with Gasteiger partial charge in [-0.1, -0.05) is 30.3 Å². The normalized spacial score (nSPS) is 20.8. The van der Waals surface area contributed by atoms with E-state index in [-0.39, 0.29) is 24.2 Å². The number of aromatic nitrogens is 5. The average molecular weight is 722 g/mol. The summed E-state index contributed by atoms with van der Waals surface area (Å²) in [7, 11) is 1.67. The molecule has 0 spiro atoms. The van der Waals surface area contributed by atoms with Crippen molar-refractivity contribution in [3.63, 3.8) is 0 Å². The maximum atomic E-state index is 12.9. The molecule has 4 heterocycles. The Morgan fingerprint density at radius 3 is 2.57 bits per heavy atom. The quantitative estimate of drug-likeness (QED) is 0.125. The summed E-state index contributed by atoms with van der Waals surface area (Å²) in [4.78, 5) is 28.2. The van der Waals surface area contributed by atoms with Gasteiger partial charge in [0.2, 0.25) is 0 Å². The fraction of sp³-hybridized carbons (Fsp3) is 0.463. The molecule has 1 saturated carbocycles. The molecule has 1 N–H and O–H groups in total. The highest BCUT2D eigenvalue weighted by atomic mass is 16.8. The first kappa shape index (κ1) is 36.6. The van der Waals surface area contributed by atoms with E-state index in [1.165, 1.54) is 16.8 Å². The Labute approximate surface area is 311 Å². The van der Waals surface area contributed by atoms with Gasteiger partial charge in [-0.15, -0.1) is 0 Å². The second kappa shape index (κ2) is 15.3. The number of imidazole rings is 1. The number of hydrogen-bond donors (Lipinski definition) is 1. The molecule has 0 unspecified atom stereocenters. The highest BCUT2D eigenvalue weighted by Gasteiger charge is 2.54. The van der Waals surface area contributed by atoms with Crippen LogP contribution in [0.1, 0.15) is 64.9 Å². The number of rotatable bonds is 13. The number of carbonyl (C=O) groups is 1. The van der Waals surface area contributed by atoms with Gasteiger partial charge in [-0.2, -0.15) is 0 Å². The van der Waals surface area contributed by atoms with Gasteiger partial charge in [0.25, 0.3) is 0 Å². The van der Waals surface area contributed by atoms with Crippen molar-refractivity contribution in [2.45, 2.75) is 96.5 Å². The first-order chi connectivity index (χ1) is 25.4. The largest absolute Gasteiger partial charge is 0.457 e. The summed E-state index contributed by atoms with van der Waals surface area (Å²) in [5.41, 5.74) is 1.36. The van der Waals surface area contributed by atoms with Crippen LogP contribution in [0.15, 0.2) is 85.6 Å². The molecule has 12 nitrogen and oxygen atoms in total. The standard InChI is InChI=1S/C41H51N7O5/c1-40(2,3)53-39(49)46(6)37-32-18-22-48(38(32)45-27-44-37)33-25-29(35-36(33)52-41(4,5)51-35)26-47-23-21-43-34(47)16-11-19-42-20-17-28-12-10-15-31(24-28)50-30-13-8-7-9-14-30/h7-10,12-15,18,21-24,27,29,33,35-36,42H,11,16-17,19-20,25-26H2,1-6H3/t29-,33-,35-,36+/m1/s1. The highest BCUT2D eigenvalue weighted by molar-refractivity contribution is 5.97. The topological polar surface area (TPSA) is 118 Å². The van der Waals surface area contributed by atoms with E-state index in [9.17, 15) is 4.79 Å². The summed E-state index contributed by atoms with van der Waals surface area (Å²) in [6.45, 7) is 12.1. The van der Waals surface area contributed by atoms with Gasteiger partial charge in [-0.05, 0) is 103 Å². The van der Waals surface area contributed by atoms with Crippen LogP contribution in [0.5, 0.6) is 11.5 Å². The summed E-state index contributed by atoms with van der Waals surface area (Å²) in [6, 6.07) is 20.1. The van der Waals surface area contributed by atoms with Crippen LogP contribution in [0.2, 0.25) is 0 Å². The molecular formula is C41H51N7O5.